The number of hydrogen-bond donors (Lipinski definition) is 1. The molecule has 1 heterocycles. The fraction of sp³-hybridized carbons (Fsp3) is 0.0833. The van der Waals surface area contributed by atoms with Crippen LogP contribution in [0, 0.1) is 11.6 Å². The lowest BCUT2D eigenvalue weighted by molar-refractivity contribution is 0.208. The molecule has 5 heteroatoms. The van der Waals surface area contributed by atoms with Crippen LogP contribution >= 0.6 is 15.9 Å². The number of pyridine rings is 1. The normalized spacial score (nSPS) is 12.5. The van der Waals surface area contributed by atoms with Gasteiger partial charge in [0.25, 0.3) is 0 Å². The van der Waals surface area contributed by atoms with Crippen molar-refractivity contribution >= 4 is 15.9 Å². The molecule has 88 valence electrons. The third kappa shape index (κ3) is 2.50. The third-order valence-electron chi connectivity index (χ3n) is 2.31. The molecule has 0 bridgehead atoms. The van der Waals surface area contributed by atoms with Crippen LogP contribution in [0.25, 0.3) is 0 Å². The van der Waals surface area contributed by atoms with Gasteiger partial charge in [0.15, 0.2) is 0 Å². The van der Waals surface area contributed by atoms with Crippen molar-refractivity contribution in [2.24, 2.45) is 0 Å². The number of nitrogens with zero attached hydrogens (tertiary/aromatic N) is 1. The lowest BCUT2D eigenvalue weighted by Gasteiger charge is -2.13. The molecule has 0 aliphatic rings. The van der Waals surface area contributed by atoms with Gasteiger partial charge in [-0.1, -0.05) is 6.07 Å². The molecule has 0 aliphatic carbocycles. The minimum atomic E-state index is -1.37. The quantitative estimate of drug-likeness (QED) is 0.924. The number of halogens is 3. The van der Waals surface area contributed by atoms with Gasteiger partial charge in [-0.25, -0.2) is 8.78 Å². The zero-order valence-corrected chi connectivity index (χ0v) is 10.2. The molecule has 2 rings (SSSR count). The average Bonchev–Trinajstić information content (AvgIpc) is 2.28. The van der Waals surface area contributed by atoms with Crippen molar-refractivity contribution in [3.63, 3.8) is 0 Å². The molecule has 0 spiro atoms. The zero-order chi connectivity index (χ0) is 12.4. The number of aliphatic hydroxyl groups excluding tert-OH is 1. The fourth-order valence-electron chi connectivity index (χ4n) is 1.52. The highest BCUT2D eigenvalue weighted by Gasteiger charge is 2.19. The molecule has 0 amide bonds. The summed E-state index contributed by atoms with van der Waals surface area (Å²) in [5.74, 6) is -1.56. The minimum absolute atomic E-state index is 0.323. The Morgan fingerprint density at radius 1 is 1.18 bits per heavy atom. The van der Waals surface area contributed by atoms with Crippen LogP contribution in [0.5, 0.6) is 0 Å². The number of benzene rings is 1. The number of aromatic nitrogens is 1. The number of aliphatic hydroxyl groups is 1. The smallest absolute Gasteiger partial charge is 0.132 e. The van der Waals surface area contributed by atoms with Crippen molar-refractivity contribution in [2.75, 3.05) is 0 Å². The van der Waals surface area contributed by atoms with E-state index in [-0.39, 0.29) is 5.56 Å². The molecule has 1 aromatic carbocycles. The topological polar surface area (TPSA) is 33.1 Å². The van der Waals surface area contributed by atoms with Crippen LogP contribution in [0.1, 0.15) is 17.2 Å². The van der Waals surface area contributed by atoms with E-state index in [0.29, 0.717) is 10.0 Å². The summed E-state index contributed by atoms with van der Waals surface area (Å²) in [7, 11) is 0. The molecule has 1 atom stereocenters. The van der Waals surface area contributed by atoms with E-state index >= 15 is 0 Å². The summed E-state index contributed by atoms with van der Waals surface area (Å²) in [6.07, 6.45) is 1.51. The zero-order valence-electron chi connectivity index (χ0n) is 8.57. The maximum Gasteiger partial charge on any atom is 0.132 e. The summed E-state index contributed by atoms with van der Waals surface area (Å²) in [5.41, 5.74) is -0.0456. The first-order valence-corrected chi connectivity index (χ1v) is 5.61. The average molecular weight is 300 g/mol. The van der Waals surface area contributed by atoms with E-state index in [1.54, 1.807) is 6.07 Å². The van der Waals surface area contributed by atoms with Crippen LogP contribution in [-0.2, 0) is 0 Å². The van der Waals surface area contributed by atoms with Gasteiger partial charge in [0, 0.05) is 22.4 Å². The van der Waals surface area contributed by atoms with Crippen molar-refractivity contribution in [3.05, 3.63) is 63.9 Å². The first kappa shape index (κ1) is 12.1. The second-order valence-electron chi connectivity index (χ2n) is 3.47. The second kappa shape index (κ2) is 4.89. The second-order valence-corrected chi connectivity index (χ2v) is 4.39. The van der Waals surface area contributed by atoms with Crippen molar-refractivity contribution in [1.82, 2.24) is 4.98 Å². The van der Waals surface area contributed by atoms with Crippen LogP contribution in [0.3, 0.4) is 0 Å². The molecule has 17 heavy (non-hydrogen) atoms. The Labute approximate surface area is 105 Å². The molecule has 2 nitrogen and oxygen atoms in total. The van der Waals surface area contributed by atoms with Gasteiger partial charge in [0.1, 0.15) is 17.7 Å². The van der Waals surface area contributed by atoms with Gasteiger partial charge in [0.2, 0.25) is 0 Å². The van der Waals surface area contributed by atoms with E-state index in [4.69, 9.17) is 0 Å². The Hall–Kier alpha value is -1.33. The van der Waals surface area contributed by atoms with Crippen molar-refractivity contribution < 1.29 is 13.9 Å². The maximum atomic E-state index is 13.5. The van der Waals surface area contributed by atoms with Crippen LogP contribution in [0.15, 0.2) is 41.1 Å². The predicted molar refractivity (Wildman–Crippen MR) is 62.4 cm³/mol. The third-order valence-corrected chi connectivity index (χ3v) is 2.75. The Morgan fingerprint density at radius 2 is 1.82 bits per heavy atom. The standard InChI is InChI=1S/C12H8BrF2NO/c13-8-4-7(5-16-6-8)12(17)11-9(14)2-1-3-10(11)15/h1-6,12,17H. The first-order valence-electron chi connectivity index (χ1n) is 4.82. The predicted octanol–water partition coefficient (Wildman–Crippen LogP) is 3.20. The summed E-state index contributed by atoms with van der Waals surface area (Å²) in [5, 5.41) is 9.94. The van der Waals surface area contributed by atoms with Crippen molar-refractivity contribution in [2.45, 2.75) is 6.10 Å². The minimum Gasteiger partial charge on any atom is -0.383 e. The van der Waals surface area contributed by atoms with Gasteiger partial charge in [-0.15, -0.1) is 0 Å². The summed E-state index contributed by atoms with van der Waals surface area (Å²) in [6.45, 7) is 0. The largest absolute Gasteiger partial charge is 0.383 e. The molecule has 2 aromatic rings. The molecule has 0 aliphatic heterocycles. The molecule has 0 fully saturated rings. The van der Waals surface area contributed by atoms with Crippen LogP contribution in [0.2, 0.25) is 0 Å². The van der Waals surface area contributed by atoms with Gasteiger partial charge in [0.05, 0.1) is 5.56 Å². The summed E-state index contributed by atoms with van der Waals surface area (Å²) in [6, 6.07) is 5.02. The van der Waals surface area contributed by atoms with Crippen LogP contribution < -0.4 is 0 Å². The lowest BCUT2D eigenvalue weighted by atomic mass is 10.0. The summed E-state index contributed by atoms with van der Waals surface area (Å²) in [4.78, 5) is 3.84. The van der Waals surface area contributed by atoms with E-state index in [1.165, 1.54) is 18.5 Å². The highest BCUT2D eigenvalue weighted by Crippen LogP contribution is 2.27. The molecule has 1 N–H and O–H groups in total. The van der Waals surface area contributed by atoms with E-state index in [2.05, 4.69) is 20.9 Å². The van der Waals surface area contributed by atoms with Crippen LogP contribution in [-0.4, -0.2) is 10.1 Å². The molecular weight excluding hydrogens is 292 g/mol. The van der Waals surface area contributed by atoms with Gasteiger partial charge in [-0.05, 0) is 34.1 Å². The summed E-state index contributed by atoms with van der Waals surface area (Å²) >= 11 is 3.18. The van der Waals surface area contributed by atoms with Gasteiger partial charge >= 0.3 is 0 Å². The molecule has 0 saturated carbocycles. The van der Waals surface area contributed by atoms with E-state index in [1.807, 2.05) is 0 Å². The molecule has 1 unspecified atom stereocenters. The maximum absolute atomic E-state index is 13.5. The summed E-state index contributed by atoms with van der Waals surface area (Å²) < 4.78 is 27.5. The monoisotopic (exact) mass is 299 g/mol. The number of rotatable bonds is 2. The molecule has 1 aromatic heterocycles. The molecular formula is C12H8BrF2NO. The Bertz CT molecular complexity index is 528. The number of hydrogen-bond acceptors (Lipinski definition) is 2. The van der Waals surface area contributed by atoms with E-state index in [0.717, 1.165) is 12.1 Å². The van der Waals surface area contributed by atoms with Crippen molar-refractivity contribution in [3.8, 4) is 0 Å². The molecule has 0 saturated heterocycles. The van der Waals surface area contributed by atoms with Gasteiger partial charge < -0.3 is 5.11 Å². The van der Waals surface area contributed by atoms with Gasteiger partial charge in [-0.3, -0.25) is 4.98 Å². The van der Waals surface area contributed by atoms with Crippen LogP contribution in [0.4, 0.5) is 8.78 Å². The van der Waals surface area contributed by atoms with Gasteiger partial charge in [-0.2, -0.15) is 0 Å². The Kier molecular flexibility index (Phi) is 3.49. The van der Waals surface area contributed by atoms with E-state index < -0.39 is 17.7 Å². The van der Waals surface area contributed by atoms with Crippen molar-refractivity contribution in [1.29, 1.82) is 0 Å². The SMILES string of the molecule is OC(c1cncc(Br)c1)c1c(F)cccc1F. The highest BCUT2D eigenvalue weighted by molar-refractivity contribution is 9.10. The highest BCUT2D eigenvalue weighted by atomic mass is 79.9. The molecule has 0 radical (unpaired) electrons. The lowest BCUT2D eigenvalue weighted by Crippen LogP contribution is -2.06. The first-order chi connectivity index (χ1) is 8.09. The Balaban J connectivity index is 2.47. The fourth-order valence-corrected chi connectivity index (χ4v) is 1.90. The van der Waals surface area contributed by atoms with E-state index in [9.17, 15) is 13.9 Å². The Morgan fingerprint density at radius 3 is 2.41 bits per heavy atom.